The van der Waals surface area contributed by atoms with Crippen LogP contribution in [0.4, 0.5) is 5.82 Å². The summed E-state index contributed by atoms with van der Waals surface area (Å²) < 4.78 is 0. The zero-order chi connectivity index (χ0) is 20.2. The smallest absolute Gasteiger partial charge is 0.254 e. The first-order valence-electron chi connectivity index (χ1n) is 10.3. The molecule has 1 aromatic carbocycles. The van der Waals surface area contributed by atoms with Crippen molar-refractivity contribution in [2.45, 2.75) is 19.8 Å². The Morgan fingerprint density at radius 3 is 2.31 bits per heavy atom. The van der Waals surface area contributed by atoms with E-state index in [0.717, 1.165) is 42.9 Å². The highest BCUT2D eigenvalue weighted by Gasteiger charge is 2.32. The van der Waals surface area contributed by atoms with E-state index in [0.29, 0.717) is 26.2 Å². The molecule has 152 valence electrons. The number of aromatic nitrogens is 2. The number of piperazine rings is 1. The van der Waals surface area contributed by atoms with Crippen molar-refractivity contribution in [3.63, 3.8) is 0 Å². The lowest BCUT2D eigenvalue weighted by atomic mass is 9.94. The Labute approximate surface area is 171 Å². The molecule has 2 aromatic rings. The average molecular weight is 393 g/mol. The minimum Gasteiger partial charge on any atom is -0.352 e. The maximum atomic E-state index is 13.0. The topological polar surface area (TPSA) is 69.6 Å². The third-order valence-electron chi connectivity index (χ3n) is 5.97. The van der Waals surface area contributed by atoms with Gasteiger partial charge in [0.1, 0.15) is 5.82 Å². The second kappa shape index (κ2) is 8.59. The Hall–Kier alpha value is -2.96. The molecule has 0 spiro atoms. The van der Waals surface area contributed by atoms with E-state index in [-0.39, 0.29) is 17.7 Å². The third kappa shape index (κ3) is 4.23. The molecule has 2 saturated heterocycles. The number of hydrogen-bond acceptors (Lipinski definition) is 5. The summed E-state index contributed by atoms with van der Waals surface area (Å²) >= 11 is 0. The van der Waals surface area contributed by atoms with Gasteiger partial charge in [0, 0.05) is 63.1 Å². The van der Waals surface area contributed by atoms with E-state index in [2.05, 4.69) is 14.9 Å². The normalized spacial score (nSPS) is 18.0. The Balaban J connectivity index is 1.28. The summed E-state index contributed by atoms with van der Waals surface area (Å²) in [5, 5.41) is 0. The molecule has 0 saturated carbocycles. The summed E-state index contributed by atoms with van der Waals surface area (Å²) in [6.07, 6.45) is 6.60. The van der Waals surface area contributed by atoms with Crippen molar-refractivity contribution in [2.24, 2.45) is 5.92 Å². The summed E-state index contributed by atoms with van der Waals surface area (Å²) in [6.45, 7) is 6.20. The maximum absolute atomic E-state index is 13.0. The number of benzene rings is 1. The van der Waals surface area contributed by atoms with Crippen molar-refractivity contribution in [2.75, 3.05) is 44.2 Å². The zero-order valence-corrected chi connectivity index (χ0v) is 16.8. The van der Waals surface area contributed by atoms with Gasteiger partial charge >= 0.3 is 0 Å². The van der Waals surface area contributed by atoms with Crippen molar-refractivity contribution >= 4 is 17.6 Å². The quantitative estimate of drug-likeness (QED) is 0.798. The summed E-state index contributed by atoms with van der Waals surface area (Å²) in [4.78, 5) is 40.2. The standard InChI is InChI=1S/C22H27N5O2/c1-17-4-2-3-5-19(17)22(29)26-10-6-18(7-11-26)21(28)27-14-12-25(13-15-27)20-16-23-8-9-24-20/h2-5,8-9,16,18H,6-7,10-15H2,1H3. The van der Waals surface area contributed by atoms with E-state index in [9.17, 15) is 9.59 Å². The maximum Gasteiger partial charge on any atom is 0.254 e. The molecule has 7 nitrogen and oxygen atoms in total. The number of amides is 2. The van der Waals surface area contributed by atoms with Gasteiger partial charge in [-0.3, -0.25) is 14.6 Å². The Bertz CT molecular complexity index is 857. The molecule has 1 aromatic heterocycles. The molecule has 2 fully saturated rings. The second-order valence-corrected chi connectivity index (χ2v) is 7.76. The van der Waals surface area contributed by atoms with Crippen molar-refractivity contribution in [1.82, 2.24) is 19.8 Å². The van der Waals surface area contributed by atoms with Crippen molar-refractivity contribution in [3.05, 3.63) is 54.0 Å². The molecule has 0 bridgehead atoms. The summed E-state index contributed by atoms with van der Waals surface area (Å²) in [6, 6.07) is 7.69. The Morgan fingerprint density at radius 2 is 1.66 bits per heavy atom. The SMILES string of the molecule is Cc1ccccc1C(=O)N1CCC(C(=O)N2CCN(c3cnccn3)CC2)CC1. The van der Waals surface area contributed by atoms with E-state index in [1.165, 1.54) is 0 Å². The lowest BCUT2D eigenvalue weighted by Crippen LogP contribution is -2.52. The molecular formula is C22H27N5O2. The zero-order valence-electron chi connectivity index (χ0n) is 16.8. The van der Waals surface area contributed by atoms with Gasteiger partial charge in [-0.15, -0.1) is 0 Å². The Morgan fingerprint density at radius 1 is 0.931 bits per heavy atom. The van der Waals surface area contributed by atoms with Gasteiger partial charge in [-0.2, -0.15) is 0 Å². The number of carbonyl (C=O) groups excluding carboxylic acids is 2. The minimum atomic E-state index is 0.0130. The average Bonchev–Trinajstić information content (AvgIpc) is 2.79. The highest BCUT2D eigenvalue weighted by atomic mass is 16.2. The van der Waals surface area contributed by atoms with E-state index in [1.54, 1.807) is 18.6 Å². The van der Waals surface area contributed by atoms with E-state index >= 15 is 0 Å². The number of aryl methyl sites for hydroxylation is 1. The number of anilines is 1. The molecular weight excluding hydrogens is 366 g/mol. The Kier molecular flexibility index (Phi) is 5.74. The van der Waals surface area contributed by atoms with Crippen LogP contribution in [0.15, 0.2) is 42.9 Å². The first-order valence-corrected chi connectivity index (χ1v) is 10.3. The van der Waals surface area contributed by atoms with Crippen LogP contribution in [0.3, 0.4) is 0 Å². The van der Waals surface area contributed by atoms with Crippen LogP contribution < -0.4 is 4.90 Å². The lowest BCUT2D eigenvalue weighted by molar-refractivity contribution is -0.137. The molecule has 3 heterocycles. The number of nitrogens with zero attached hydrogens (tertiary/aromatic N) is 5. The van der Waals surface area contributed by atoms with Gasteiger partial charge in [0.25, 0.3) is 5.91 Å². The van der Waals surface area contributed by atoms with Gasteiger partial charge in [-0.25, -0.2) is 4.98 Å². The van der Waals surface area contributed by atoms with Crippen LogP contribution in [0.5, 0.6) is 0 Å². The summed E-state index contributed by atoms with van der Waals surface area (Å²) in [5.41, 5.74) is 1.76. The highest BCUT2D eigenvalue weighted by Crippen LogP contribution is 2.23. The first-order chi connectivity index (χ1) is 14.1. The summed E-state index contributed by atoms with van der Waals surface area (Å²) in [7, 11) is 0. The minimum absolute atomic E-state index is 0.0130. The molecule has 0 aliphatic carbocycles. The van der Waals surface area contributed by atoms with E-state index in [1.807, 2.05) is 41.0 Å². The number of likely N-dealkylation sites (tertiary alicyclic amines) is 1. The number of hydrogen-bond donors (Lipinski definition) is 0. The van der Waals surface area contributed by atoms with Gasteiger partial charge in [0.2, 0.25) is 5.91 Å². The molecule has 0 N–H and O–H groups in total. The molecule has 2 amide bonds. The molecule has 0 unspecified atom stereocenters. The van der Waals surface area contributed by atoms with Crippen LogP contribution in [0, 0.1) is 12.8 Å². The van der Waals surface area contributed by atoms with Crippen molar-refractivity contribution < 1.29 is 9.59 Å². The second-order valence-electron chi connectivity index (χ2n) is 7.76. The largest absolute Gasteiger partial charge is 0.352 e. The van der Waals surface area contributed by atoms with Gasteiger partial charge in [-0.1, -0.05) is 18.2 Å². The molecule has 4 rings (SSSR count). The highest BCUT2D eigenvalue weighted by molar-refractivity contribution is 5.95. The van der Waals surface area contributed by atoms with Crippen LogP contribution in [0.25, 0.3) is 0 Å². The fourth-order valence-electron chi connectivity index (χ4n) is 4.18. The molecule has 0 atom stereocenters. The fraction of sp³-hybridized carbons (Fsp3) is 0.455. The van der Waals surface area contributed by atoms with E-state index in [4.69, 9.17) is 0 Å². The van der Waals surface area contributed by atoms with Crippen LogP contribution in [0.2, 0.25) is 0 Å². The van der Waals surface area contributed by atoms with Crippen LogP contribution >= 0.6 is 0 Å². The molecule has 2 aliphatic heterocycles. The van der Waals surface area contributed by atoms with E-state index < -0.39 is 0 Å². The van der Waals surface area contributed by atoms with Crippen molar-refractivity contribution in [1.29, 1.82) is 0 Å². The van der Waals surface area contributed by atoms with Gasteiger partial charge in [0.05, 0.1) is 6.20 Å². The molecule has 0 radical (unpaired) electrons. The fourth-order valence-corrected chi connectivity index (χ4v) is 4.18. The van der Waals surface area contributed by atoms with Gasteiger partial charge in [0.15, 0.2) is 0 Å². The first kappa shape index (κ1) is 19.4. The number of carbonyl (C=O) groups is 2. The summed E-state index contributed by atoms with van der Waals surface area (Å²) in [5.74, 6) is 1.18. The van der Waals surface area contributed by atoms with Gasteiger partial charge in [-0.05, 0) is 31.4 Å². The third-order valence-corrected chi connectivity index (χ3v) is 5.97. The molecule has 29 heavy (non-hydrogen) atoms. The number of rotatable bonds is 3. The predicted molar refractivity (Wildman–Crippen MR) is 111 cm³/mol. The van der Waals surface area contributed by atoms with Gasteiger partial charge < -0.3 is 14.7 Å². The number of piperidine rings is 1. The van der Waals surface area contributed by atoms with Crippen LogP contribution in [-0.4, -0.2) is 70.9 Å². The molecule has 2 aliphatic rings. The lowest BCUT2D eigenvalue weighted by Gasteiger charge is -2.39. The monoisotopic (exact) mass is 393 g/mol. The molecule has 7 heteroatoms. The predicted octanol–water partition coefficient (Wildman–Crippen LogP) is 1.99. The van der Waals surface area contributed by atoms with Crippen LogP contribution in [-0.2, 0) is 4.79 Å². The van der Waals surface area contributed by atoms with Crippen LogP contribution in [0.1, 0.15) is 28.8 Å². The van der Waals surface area contributed by atoms with Crippen molar-refractivity contribution in [3.8, 4) is 0 Å².